The van der Waals surface area contributed by atoms with E-state index in [0.717, 1.165) is 31.2 Å². The number of benzene rings is 1. The Labute approximate surface area is 132 Å². The normalized spacial score (nSPS) is 21.7. The first-order valence-electron chi connectivity index (χ1n) is 8.18. The summed E-state index contributed by atoms with van der Waals surface area (Å²) in [6, 6.07) is 7.77. The summed E-state index contributed by atoms with van der Waals surface area (Å²) < 4.78 is 0. The van der Waals surface area contributed by atoms with Crippen LogP contribution < -0.4 is 0 Å². The second kappa shape index (κ2) is 5.41. The Morgan fingerprint density at radius 3 is 2.41 bits per heavy atom. The van der Waals surface area contributed by atoms with Gasteiger partial charge in [-0.15, -0.1) is 0 Å². The molecule has 3 rings (SSSR count). The summed E-state index contributed by atoms with van der Waals surface area (Å²) in [5.41, 5.74) is 0.895. The van der Waals surface area contributed by atoms with Gasteiger partial charge in [0.2, 0.25) is 0 Å². The van der Waals surface area contributed by atoms with Gasteiger partial charge in [0.15, 0.2) is 0 Å². The molecule has 0 unspecified atom stereocenters. The number of rotatable bonds is 2. The average Bonchev–Trinajstić information content (AvgIpc) is 2.52. The highest BCUT2D eigenvalue weighted by atomic mass is 16.2. The molecule has 4 heteroatoms. The highest BCUT2D eigenvalue weighted by Gasteiger charge is 2.57. The van der Waals surface area contributed by atoms with Crippen LogP contribution in [-0.4, -0.2) is 33.4 Å². The van der Waals surface area contributed by atoms with Gasteiger partial charge in [0.25, 0.3) is 11.8 Å². The Hall–Kier alpha value is -1.84. The topological polar surface area (TPSA) is 40.6 Å². The molecule has 0 radical (unpaired) electrons. The zero-order valence-corrected chi connectivity index (χ0v) is 13.6. The van der Waals surface area contributed by atoms with Gasteiger partial charge in [-0.25, -0.2) is 10.0 Å². The molecule has 2 amide bonds. The van der Waals surface area contributed by atoms with Gasteiger partial charge in [-0.3, -0.25) is 9.59 Å². The van der Waals surface area contributed by atoms with E-state index in [-0.39, 0.29) is 17.9 Å². The van der Waals surface area contributed by atoms with Gasteiger partial charge in [-0.05, 0) is 45.2 Å². The second-order valence-corrected chi connectivity index (χ2v) is 6.93. The molecule has 0 bridgehead atoms. The van der Waals surface area contributed by atoms with Crippen molar-refractivity contribution in [2.45, 2.75) is 64.5 Å². The van der Waals surface area contributed by atoms with Gasteiger partial charge in [0.05, 0.1) is 6.04 Å². The standard InChI is InChI=1S/C18H24N2O2/c1-13-9-7-8-12-15(13)16(21)20-18(2,3)17(22)19(20)14-10-5-4-6-11-14/h7-9,12,14H,4-6,10-11H2,1-3H3. The number of hydrogen-bond acceptors (Lipinski definition) is 2. The van der Waals surface area contributed by atoms with Crippen molar-refractivity contribution in [1.82, 2.24) is 10.0 Å². The maximum absolute atomic E-state index is 13.0. The van der Waals surface area contributed by atoms with Crippen molar-refractivity contribution >= 4 is 11.8 Å². The van der Waals surface area contributed by atoms with Crippen LogP contribution in [0.4, 0.5) is 0 Å². The highest BCUT2D eigenvalue weighted by molar-refractivity contribution is 6.05. The van der Waals surface area contributed by atoms with E-state index < -0.39 is 5.54 Å². The Morgan fingerprint density at radius 1 is 1.14 bits per heavy atom. The van der Waals surface area contributed by atoms with Gasteiger partial charge in [-0.2, -0.15) is 0 Å². The van der Waals surface area contributed by atoms with Crippen LogP contribution in [0, 0.1) is 6.92 Å². The second-order valence-electron chi connectivity index (χ2n) is 6.93. The number of carbonyl (C=O) groups is 2. The van der Waals surface area contributed by atoms with E-state index in [1.165, 1.54) is 6.42 Å². The van der Waals surface area contributed by atoms with Crippen molar-refractivity contribution in [3.8, 4) is 0 Å². The van der Waals surface area contributed by atoms with E-state index in [1.807, 2.05) is 45.0 Å². The minimum Gasteiger partial charge on any atom is -0.270 e. The first kappa shape index (κ1) is 15.1. The molecule has 0 aromatic heterocycles. The zero-order chi connectivity index (χ0) is 15.9. The van der Waals surface area contributed by atoms with Gasteiger partial charge >= 0.3 is 0 Å². The fourth-order valence-corrected chi connectivity index (χ4v) is 3.62. The summed E-state index contributed by atoms with van der Waals surface area (Å²) in [7, 11) is 0. The first-order valence-corrected chi connectivity index (χ1v) is 8.18. The molecule has 0 N–H and O–H groups in total. The Balaban J connectivity index is 1.90. The summed E-state index contributed by atoms with van der Waals surface area (Å²) in [6.07, 6.45) is 5.51. The van der Waals surface area contributed by atoms with Gasteiger partial charge < -0.3 is 0 Å². The van der Waals surface area contributed by atoms with Crippen LogP contribution in [0.3, 0.4) is 0 Å². The van der Waals surface area contributed by atoms with Crippen molar-refractivity contribution in [3.63, 3.8) is 0 Å². The number of amides is 2. The molecule has 118 valence electrons. The predicted molar refractivity (Wildman–Crippen MR) is 85.1 cm³/mol. The number of aryl methyl sites for hydroxylation is 1. The Morgan fingerprint density at radius 2 is 1.77 bits per heavy atom. The monoisotopic (exact) mass is 300 g/mol. The molecule has 0 atom stereocenters. The van der Waals surface area contributed by atoms with Crippen LogP contribution in [0.25, 0.3) is 0 Å². The van der Waals surface area contributed by atoms with Gasteiger partial charge in [0, 0.05) is 5.56 Å². The van der Waals surface area contributed by atoms with Crippen molar-refractivity contribution in [2.24, 2.45) is 0 Å². The van der Waals surface area contributed by atoms with Crippen LogP contribution >= 0.6 is 0 Å². The number of carbonyl (C=O) groups excluding carboxylic acids is 2. The van der Waals surface area contributed by atoms with Gasteiger partial charge in [0.1, 0.15) is 5.54 Å². The van der Waals surface area contributed by atoms with Crippen molar-refractivity contribution in [2.75, 3.05) is 0 Å². The average molecular weight is 300 g/mol. The molecule has 1 aromatic rings. The summed E-state index contributed by atoms with van der Waals surface area (Å²) in [4.78, 5) is 25.5. The van der Waals surface area contributed by atoms with E-state index >= 15 is 0 Å². The Kier molecular flexibility index (Phi) is 3.71. The largest absolute Gasteiger partial charge is 0.273 e. The fraction of sp³-hybridized carbons (Fsp3) is 0.556. The van der Waals surface area contributed by atoms with Gasteiger partial charge in [-0.1, -0.05) is 37.5 Å². The lowest BCUT2D eigenvalue weighted by Gasteiger charge is -2.58. The first-order chi connectivity index (χ1) is 10.4. The fourth-order valence-electron chi connectivity index (χ4n) is 3.62. The molecular formula is C18H24N2O2. The van der Waals surface area contributed by atoms with E-state index in [9.17, 15) is 9.59 Å². The third kappa shape index (κ3) is 2.21. The number of hydrazine groups is 1. The predicted octanol–water partition coefficient (Wildman–Crippen LogP) is 3.31. The molecule has 1 aliphatic carbocycles. The van der Waals surface area contributed by atoms with Crippen LogP contribution in [0.15, 0.2) is 24.3 Å². The SMILES string of the molecule is Cc1ccccc1C(=O)N1N(C2CCCCC2)C(=O)C1(C)C. The molecule has 1 saturated heterocycles. The molecule has 1 saturated carbocycles. The van der Waals surface area contributed by atoms with E-state index in [4.69, 9.17) is 0 Å². The lowest BCUT2D eigenvalue weighted by molar-refractivity contribution is -0.210. The van der Waals surface area contributed by atoms with E-state index in [1.54, 1.807) is 10.0 Å². The molecule has 1 aliphatic heterocycles. The number of hydrogen-bond donors (Lipinski definition) is 0. The van der Waals surface area contributed by atoms with Crippen LogP contribution in [-0.2, 0) is 4.79 Å². The number of nitrogens with zero attached hydrogens (tertiary/aromatic N) is 2. The molecule has 2 fully saturated rings. The molecule has 22 heavy (non-hydrogen) atoms. The molecule has 4 nitrogen and oxygen atoms in total. The van der Waals surface area contributed by atoms with E-state index in [0.29, 0.717) is 5.56 Å². The maximum atomic E-state index is 13.0. The molecule has 1 aromatic carbocycles. The zero-order valence-electron chi connectivity index (χ0n) is 13.6. The van der Waals surface area contributed by atoms with Crippen molar-refractivity contribution in [1.29, 1.82) is 0 Å². The molecule has 0 spiro atoms. The van der Waals surface area contributed by atoms with Crippen molar-refractivity contribution in [3.05, 3.63) is 35.4 Å². The van der Waals surface area contributed by atoms with Crippen LogP contribution in [0.5, 0.6) is 0 Å². The van der Waals surface area contributed by atoms with Crippen LogP contribution in [0.2, 0.25) is 0 Å². The summed E-state index contributed by atoms with van der Waals surface area (Å²) in [6.45, 7) is 5.61. The minimum absolute atomic E-state index is 0.0618. The van der Waals surface area contributed by atoms with E-state index in [2.05, 4.69) is 0 Å². The smallest absolute Gasteiger partial charge is 0.270 e. The third-order valence-corrected chi connectivity index (χ3v) is 4.96. The quantitative estimate of drug-likeness (QED) is 0.841. The lowest BCUT2D eigenvalue weighted by Crippen LogP contribution is -2.78. The Bertz CT molecular complexity index is 603. The minimum atomic E-state index is -0.739. The van der Waals surface area contributed by atoms with Crippen molar-refractivity contribution < 1.29 is 9.59 Å². The summed E-state index contributed by atoms with van der Waals surface area (Å²) >= 11 is 0. The summed E-state index contributed by atoms with van der Waals surface area (Å²) in [5.74, 6) is 0.00890. The maximum Gasteiger partial charge on any atom is 0.273 e. The van der Waals surface area contributed by atoms with Crippen LogP contribution in [0.1, 0.15) is 61.9 Å². The lowest BCUT2D eigenvalue weighted by atomic mass is 9.88. The molecule has 2 aliphatic rings. The highest BCUT2D eigenvalue weighted by Crippen LogP contribution is 2.38. The molecule has 1 heterocycles. The summed E-state index contributed by atoms with van der Waals surface area (Å²) in [5, 5.41) is 3.42. The third-order valence-electron chi connectivity index (χ3n) is 4.96. The molecular weight excluding hydrogens is 276 g/mol.